The maximum Gasteiger partial charge on any atom is 0.326 e. The smallest absolute Gasteiger partial charge is 0.326 e. The quantitative estimate of drug-likeness (QED) is 0.734. The van der Waals surface area contributed by atoms with Gasteiger partial charge in [-0.15, -0.1) is 0 Å². The van der Waals surface area contributed by atoms with Gasteiger partial charge < -0.3 is 15.4 Å². The lowest BCUT2D eigenvalue weighted by Crippen LogP contribution is -2.48. The highest BCUT2D eigenvalue weighted by atomic mass is 16.5. The Labute approximate surface area is 167 Å². The second-order valence-corrected chi connectivity index (χ2v) is 8.00. The van der Waals surface area contributed by atoms with E-state index in [1.807, 2.05) is 19.9 Å². The fourth-order valence-electron chi connectivity index (χ4n) is 3.52. The highest BCUT2D eigenvalue weighted by Crippen LogP contribution is 2.29. The number of hydrogen-bond donors (Lipinski definition) is 2. The van der Waals surface area contributed by atoms with Crippen LogP contribution in [0.2, 0.25) is 0 Å². The highest BCUT2D eigenvalue weighted by Gasteiger charge is 2.30. The average Bonchev–Trinajstić information content (AvgIpc) is 2.65. The summed E-state index contributed by atoms with van der Waals surface area (Å²) in [6.07, 6.45) is 2.33. The van der Waals surface area contributed by atoms with Crippen molar-refractivity contribution in [2.75, 3.05) is 6.54 Å². The van der Waals surface area contributed by atoms with Gasteiger partial charge in [-0.2, -0.15) is 0 Å². The molecule has 1 fully saturated rings. The lowest BCUT2D eigenvalue weighted by atomic mass is 9.78. The first-order valence-electron chi connectivity index (χ1n) is 10.0. The lowest BCUT2D eigenvalue weighted by Gasteiger charge is -2.35. The lowest BCUT2D eigenvalue weighted by molar-refractivity contribution is -0.154. The summed E-state index contributed by atoms with van der Waals surface area (Å²) >= 11 is 0. The first-order valence-corrected chi connectivity index (χ1v) is 10.0. The van der Waals surface area contributed by atoms with E-state index in [9.17, 15) is 14.4 Å². The van der Waals surface area contributed by atoms with Gasteiger partial charge in [-0.1, -0.05) is 32.8 Å². The summed E-state index contributed by atoms with van der Waals surface area (Å²) < 4.78 is 5.18. The van der Waals surface area contributed by atoms with Crippen LogP contribution in [-0.4, -0.2) is 36.5 Å². The van der Waals surface area contributed by atoms with E-state index in [1.165, 1.54) is 6.42 Å². The van der Waals surface area contributed by atoms with Crippen LogP contribution < -0.4 is 10.6 Å². The summed E-state index contributed by atoms with van der Waals surface area (Å²) in [7, 11) is 0. The zero-order valence-electron chi connectivity index (χ0n) is 17.5. The molecule has 0 radical (unpaired) electrons. The number of carbonyl (C=O) groups is 3. The Morgan fingerprint density at radius 2 is 1.86 bits per heavy atom. The molecule has 2 rings (SSSR count). The fourth-order valence-corrected chi connectivity index (χ4v) is 3.52. The summed E-state index contributed by atoms with van der Waals surface area (Å²) in [5.41, 5.74) is 2.59. The molecule has 154 valence electrons. The van der Waals surface area contributed by atoms with Gasteiger partial charge in [-0.25, -0.2) is 0 Å². The molecule has 0 bridgehead atoms. The van der Waals surface area contributed by atoms with E-state index >= 15 is 0 Å². The first-order chi connectivity index (χ1) is 13.2. The molecule has 0 aromatic heterocycles. The van der Waals surface area contributed by atoms with Crippen LogP contribution in [0.25, 0.3) is 0 Å². The molecule has 1 saturated carbocycles. The zero-order chi connectivity index (χ0) is 20.8. The number of rotatable bonds is 6. The van der Waals surface area contributed by atoms with E-state index < -0.39 is 12.1 Å². The number of benzene rings is 1. The van der Waals surface area contributed by atoms with Gasteiger partial charge in [-0.05, 0) is 62.3 Å². The normalized spacial score (nSPS) is 22.8. The van der Waals surface area contributed by atoms with Gasteiger partial charge in [0.25, 0.3) is 11.8 Å². The van der Waals surface area contributed by atoms with E-state index in [-0.39, 0.29) is 24.4 Å². The van der Waals surface area contributed by atoms with Crippen LogP contribution in [0.1, 0.15) is 61.5 Å². The molecule has 0 spiro atoms. The molecular formula is C22H32N2O4. The van der Waals surface area contributed by atoms with Crippen molar-refractivity contribution in [1.82, 2.24) is 10.6 Å². The molecule has 1 aliphatic rings. The monoisotopic (exact) mass is 388 g/mol. The van der Waals surface area contributed by atoms with Crippen LogP contribution in [0.3, 0.4) is 0 Å². The maximum atomic E-state index is 12.4. The molecular weight excluding hydrogens is 356 g/mol. The third kappa shape index (κ3) is 5.81. The molecule has 4 atom stereocenters. The minimum atomic E-state index is -0.893. The molecule has 2 N–H and O–H groups in total. The third-order valence-electron chi connectivity index (χ3n) is 5.87. The van der Waals surface area contributed by atoms with Gasteiger partial charge in [0.05, 0.1) is 0 Å². The Kier molecular flexibility index (Phi) is 7.61. The van der Waals surface area contributed by atoms with Crippen molar-refractivity contribution in [2.24, 2.45) is 11.8 Å². The van der Waals surface area contributed by atoms with E-state index in [0.29, 0.717) is 17.4 Å². The summed E-state index contributed by atoms with van der Waals surface area (Å²) in [4.78, 5) is 36.5. The van der Waals surface area contributed by atoms with Gasteiger partial charge in [0.1, 0.15) is 6.54 Å². The number of amides is 2. The van der Waals surface area contributed by atoms with Crippen LogP contribution in [0, 0.1) is 25.7 Å². The van der Waals surface area contributed by atoms with Crippen LogP contribution in [-0.2, 0) is 14.3 Å². The number of hydrogen-bond acceptors (Lipinski definition) is 4. The average molecular weight is 389 g/mol. The molecule has 1 aromatic carbocycles. The van der Waals surface area contributed by atoms with Crippen molar-refractivity contribution in [2.45, 2.75) is 66.0 Å². The molecule has 6 heteroatoms. The minimum absolute atomic E-state index is 0.113. The predicted octanol–water partition coefficient (Wildman–Crippen LogP) is 2.91. The molecule has 0 unspecified atom stereocenters. The predicted molar refractivity (Wildman–Crippen MR) is 108 cm³/mol. The van der Waals surface area contributed by atoms with Gasteiger partial charge in [-0.3, -0.25) is 14.4 Å². The van der Waals surface area contributed by atoms with Crippen molar-refractivity contribution in [1.29, 1.82) is 0 Å². The number of aryl methyl sites for hydroxylation is 2. The molecule has 1 aromatic rings. The van der Waals surface area contributed by atoms with Gasteiger partial charge in [0, 0.05) is 11.6 Å². The zero-order valence-corrected chi connectivity index (χ0v) is 17.5. The Morgan fingerprint density at radius 3 is 2.54 bits per heavy atom. The summed E-state index contributed by atoms with van der Waals surface area (Å²) in [6, 6.07) is 5.47. The van der Waals surface area contributed by atoms with Crippen molar-refractivity contribution >= 4 is 17.8 Å². The molecule has 0 saturated heterocycles. The Hall–Kier alpha value is -2.37. The summed E-state index contributed by atoms with van der Waals surface area (Å²) in [5, 5.41) is 5.54. The number of ether oxygens (including phenoxy) is 1. The standard InChI is InChI=1S/C22H32N2O4/c1-13-9-10-18(11-15(13)3)22(27)23-12-20(25)28-17(5)21(26)24-19-8-6-7-14(2)16(19)4/h9-11,14,16-17,19H,6-8,12H2,1-5H3,(H,23,27)(H,24,26)/t14-,16-,17+,19-/m0/s1. The second-order valence-electron chi connectivity index (χ2n) is 8.00. The third-order valence-corrected chi connectivity index (χ3v) is 5.87. The van der Waals surface area contributed by atoms with Crippen LogP contribution in [0.15, 0.2) is 18.2 Å². The minimum Gasteiger partial charge on any atom is -0.451 e. The first kappa shape index (κ1) is 21.9. The van der Waals surface area contributed by atoms with Crippen LogP contribution in [0.4, 0.5) is 0 Å². The maximum absolute atomic E-state index is 12.4. The highest BCUT2D eigenvalue weighted by molar-refractivity contribution is 5.96. The fraction of sp³-hybridized carbons (Fsp3) is 0.591. The molecule has 6 nitrogen and oxygen atoms in total. The summed E-state index contributed by atoms with van der Waals surface area (Å²) in [6.45, 7) is 9.51. The van der Waals surface area contributed by atoms with E-state index in [0.717, 1.165) is 24.0 Å². The summed E-state index contributed by atoms with van der Waals surface area (Å²) in [5.74, 6) is -0.303. The van der Waals surface area contributed by atoms with E-state index in [4.69, 9.17) is 4.74 Å². The Bertz CT molecular complexity index is 731. The van der Waals surface area contributed by atoms with Crippen LogP contribution in [0.5, 0.6) is 0 Å². The van der Waals surface area contributed by atoms with Crippen molar-refractivity contribution in [3.63, 3.8) is 0 Å². The van der Waals surface area contributed by atoms with Crippen LogP contribution >= 0.6 is 0 Å². The van der Waals surface area contributed by atoms with Crippen molar-refractivity contribution in [3.8, 4) is 0 Å². The molecule has 2 amide bonds. The van der Waals surface area contributed by atoms with E-state index in [1.54, 1.807) is 19.1 Å². The largest absolute Gasteiger partial charge is 0.451 e. The van der Waals surface area contributed by atoms with Crippen molar-refractivity contribution < 1.29 is 19.1 Å². The SMILES string of the molecule is Cc1ccc(C(=O)NCC(=O)O[C@H](C)C(=O)N[C@H]2CCC[C@H](C)[C@@H]2C)cc1C. The van der Waals surface area contributed by atoms with Gasteiger partial charge in [0.15, 0.2) is 6.10 Å². The molecule has 28 heavy (non-hydrogen) atoms. The molecule has 1 aliphatic carbocycles. The van der Waals surface area contributed by atoms with Gasteiger partial charge >= 0.3 is 5.97 Å². The van der Waals surface area contributed by atoms with Gasteiger partial charge in [0.2, 0.25) is 0 Å². The molecule has 0 heterocycles. The van der Waals surface area contributed by atoms with E-state index in [2.05, 4.69) is 24.5 Å². The number of nitrogens with one attached hydrogen (secondary N) is 2. The number of esters is 1. The number of carbonyl (C=O) groups excluding carboxylic acids is 3. The molecule has 0 aliphatic heterocycles. The Balaban J connectivity index is 1.79. The topological polar surface area (TPSA) is 84.5 Å². The second kappa shape index (κ2) is 9.71. The Morgan fingerprint density at radius 1 is 1.14 bits per heavy atom. The van der Waals surface area contributed by atoms with Crippen molar-refractivity contribution in [3.05, 3.63) is 34.9 Å².